The van der Waals surface area contributed by atoms with E-state index >= 15 is 0 Å². The molecule has 0 bridgehead atoms. The van der Waals surface area contributed by atoms with Crippen molar-refractivity contribution in [1.82, 2.24) is 20.4 Å². The fraction of sp³-hybridized carbons (Fsp3) is 0.714. The number of guanidine groups is 1. The fourth-order valence-electron chi connectivity index (χ4n) is 1.56. The zero-order valence-corrected chi connectivity index (χ0v) is 15.3. The molecule has 1 aromatic rings. The third-order valence-electron chi connectivity index (χ3n) is 3.08. The second kappa shape index (κ2) is 10.9. The van der Waals surface area contributed by atoms with Crippen LogP contribution in [0.1, 0.15) is 34.1 Å². The van der Waals surface area contributed by atoms with Crippen molar-refractivity contribution in [2.24, 2.45) is 10.9 Å². The molecule has 0 saturated heterocycles. The lowest BCUT2D eigenvalue weighted by Gasteiger charge is -2.20. The van der Waals surface area contributed by atoms with Gasteiger partial charge in [-0.2, -0.15) is 5.10 Å². The summed E-state index contributed by atoms with van der Waals surface area (Å²) in [7, 11) is 0. The minimum Gasteiger partial charge on any atom is -0.357 e. The number of hydrogen-bond acceptors (Lipinski definition) is 2. The number of nitrogens with one attached hydrogen (secondary N) is 2. The second-order valence-electron chi connectivity index (χ2n) is 5.06. The van der Waals surface area contributed by atoms with Crippen LogP contribution in [0.15, 0.2) is 23.5 Å². The van der Waals surface area contributed by atoms with Gasteiger partial charge < -0.3 is 10.6 Å². The first-order valence-electron chi connectivity index (χ1n) is 7.15. The highest BCUT2D eigenvalue weighted by Gasteiger charge is 2.08. The number of aliphatic imine (C=N–C) groups is 1. The minimum absolute atomic E-state index is 0. The molecule has 0 aliphatic carbocycles. The summed E-state index contributed by atoms with van der Waals surface area (Å²) in [5, 5.41) is 10.9. The molecular formula is C14H28IN5. The molecule has 0 amide bonds. The summed E-state index contributed by atoms with van der Waals surface area (Å²) >= 11 is 0. The van der Waals surface area contributed by atoms with Crippen molar-refractivity contribution in [3.63, 3.8) is 0 Å². The van der Waals surface area contributed by atoms with Crippen LogP contribution in [0, 0.1) is 5.92 Å². The predicted molar refractivity (Wildman–Crippen MR) is 95.7 cm³/mol. The molecule has 1 rings (SSSR count). The summed E-state index contributed by atoms with van der Waals surface area (Å²) in [6, 6.07) is 2.36. The van der Waals surface area contributed by atoms with Crippen LogP contribution in [-0.2, 0) is 6.54 Å². The molecule has 1 aromatic heterocycles. The highest BCUT2D eigenvalue weighted by Crippen LogP contribution is 1.99. The first-order chi connectivity index (χ1) is 9.13. The normalized spacial score (nSPS) is 12.9. The molecule has 6 heteroatoms. The van der Waals surface area contributed by atoms with Crippen LogP contribution in [0.2, 0.25) is 0 Å². The first kappa shape index (κ1) is 19.2. The van der Waals surface area contributed by atoms with Crippen molar-refractivity contribution in [1.29, 1.82) is 0 Å². The van der Waals surface area contributed by atoms with Crippen molar-refractivity contribution in [3.05, 3.63) is 18.5 Å². The van der Waals surface area contributed by atoms with Crippen LogP contribution in [0.4, 0.5) is 0 Å². The standard InChI is InChI=1S/C14H27N5.HI/c1-5-15-14(18-13(4)12(2)3)16-8-6-10-19-11-7-9-17-19;/h7,9,11-13H,5-6,8,10H2,1-4H3,(H2,15,16,18);1H. The molecule has 0 saturated carbocycles. The molecule has 0 fully saturated rings. The van der Waals surface area contributed by atoms with Gasteiger partial charge in [0.15, 0.2) is 5.96 Å². The van der Waals surface area contributed by atoms with Gasteiger partial charge in [-0.1, -0.05) is 13.8 Å². The van der Waals surface area contributed by atoms with E-state index in [1.165, 1.54) is 0 Å². The number of aryl methyl sites for hydroxylation is 1. The van der Waals surface area contributed by atoms with E-state index in [0.717, 1.165) is 32.0 Å². The molecule has 20 heavy (non-hydrogen) atoms. The smallest absolute Gasteiger partial charge is 0.191 e. The van der Waals surface area contributed by atoms with Crippen molar-refractivity contribution < 1.29 is 0 Å². The summed E-state index contributed by atoms with van der Waals surface area (Å²) in [6.07, 6.45) is 4.78. The topological polar surface area (TPSA) is 54.2 Å². The quantitative estimate of drug-likeness (QED) is 0.324. The van der Waals surface area contributed by atoms with Gasteiger partial charge in [-0.05, 0) is 32.3 Å². The Labute approximate surface area is 139 Å². The van der Waals surface area contributed by atoms with Crippen LogP contribution in [0.25, 0.3) is 0 Å². The van der Waals surface area contributed by atoms with Crippen LogP contribution in [0.5, 0.6) is 0 Å². The SMILES string of the molecule is CCNC(=NCCCn1cccn1)NC(C)C(C)C.I. The van der Waals surface area contributed by atoms with E-state index in [-0.39, 0.29) is 24.0 Å². The van der Waals surface area contributed by atoms with Crippen LogP contribution in [0.3, 0.4) is 0 Å². The lowest BCUT2D eigenvalue weighted by Crippen LogP contribution is -2.44. The van der Waals surface area contributed by atoms with E-state index in [1.54, 1.807) is 6.20 Å². The Hall–Kier alpha value is -0.790. The Morgan fingerprint density at radius 3 is 2.65 bits per heavy atom. The van der Waals surface area contributed by atoms with E-state index in [9.17, 15) is 0 Å². The molecule has 0 radical (unpaired) electrons. The summed E-state index contributed by atoms with van der Waals surface area (Å²) in [5.41, 5.74) is 0. The number of hydrogen-bond donors (Lipinski definition) is 2. The highest BCUT2D eigenvalue weighted by atomic mass is 127. The Balaban J connectivity index is 0.00000361. The third kappa shape index (κ3) is 7.72. The second-order valence-corrected chi connectivity index (χ2v) is 5.06. The predicted octanol–water partition coefficient (Wildman–Crippen LogP) is 2.49. The lowest BCUT2D eigenvalue weighted by molar-refractivity contribution is 0.480. The largest absolute Gasteiger partial charge is 0.357 e. The van der Waals surface area contributed by atoms with E-state index < -0.39 is 0 Å². The molecule has 116 valence electrons. The van der Waals surface area contributed by atoms with Gasteiger partial charge in [-0.3, -0.25) is 9.67 Å². The number of aromatic nitrogens is 2. The van der Waals surface area contributed by atoms with Gasteiger partial charge in [-0.15, -0.1) is 24.0 Å². The molecule has 2 N–H and O–H groups in total. The molecule has 1 heterocycles. The number of rotatable bonds is 7. The molecule has 0 spiro atoms. The van der Waals surface area contributed by atoms with Gasteiger partial charge >= 0.3 is 0 Å². The van der Waals surface area contributed by atoms with Crippen LogP contribution in [-0.4, -0.2) is 34.9 Å². The zero-order valence-electron chi connectivity index (χ0n) is 13.0. The van der Waals surface area contributed by atoms with Gasteiger partial charge in [0, 0.05) is 38.1 Å². The molecule has 0 aromatic carbocycles. The monoisotopic (exact) mass is 393 g/mol. The maximum absolute atomic E-state index is 4.59. The van der Waals surface area contributed by atoms with E-state index in [2.05, 4.69) is 48.4 Å². The number of halogens is 1. The maximum Gasteiger partial charge on any atom is 0.191 e. The van der Waals surface area contributed by atoms with E-state index in [4.69, 9.17) is 0 Å². The Morgan fingerprint density at radius 1 is 1.35 bits per heavy atom. The van der Waals surface area contributed by atoms with Crippen molar-refractivity contribution >= 4 is 29.9 Å². The highest BCUT2D eigenvalue weighted by molar-refractivity contribution is 14.0. The average molecular weight is 393 g/mol. The average Bonchev–Trinajstić information content (AvgIpc) is 2.87. The van der Waals surface area contributed by atoms with Crippen molar-refractivity contribution in [3.8, 4) is 0 Å². The van der Waals surface area contributed by atoms with Crippen LogP contribution >= 0.6 is 24.0 Å². The summed E-state index contributed by atoms with van der Waals surface area (Å²) in [6.45, 7) is 11.3. The van der Waals surface area contributed by atoms with Crippen molar-refractivity contribution in [2.75, 3.05) is 13.1 Å². The Kier molecular flexibility index (Phi) is 10.5. The fourth-order valence-corrected chi connectivity index (χ4v) is 1.56. The van der Waals surface area contributed by atoms with Gasteiger partial charge in [0.25, 0.3) is 0 Å². The van der Waals surface area contributed by atoms with Gasteiger partial charge in [0.2, 0.25) is 0 Å². The molecule has 1 unspecified atom stereocenters. The summed E-state index contributed by atoms with van der Waals surface area (Å²) < 4.78 is 1.94. The first-order valence-corrected chi connectivity index (χ1v) is 7.15. The van der Waals surface area contributed by atoms with Gasteiger partial charge in [0.05, 0.1) is 0 Å². The van der Waals surface area contributed by atoms with E-state index in [1.807, 2.05) is 16.9 Å². The Morgan fingerprint density at radius 2 is 2.10 bits per heavy atom. The maximum atomic E-state index is 4.59. The molecular weight excluding hydrogens is 365 g/mol. The Bertz CT molecular complexity index is 362. The molecule has 0 aliphatic rings. The molecule has 5 nitrogen and oxygen atoms in total. The number of nitrogens with zero attached hydrogens (tertiary/aromatic N) is 3. The zero-order chi connectivity index (χ0) is 14.1. The molecule has 0 aliphatic heterocycles. The lowest BCUT2D eigenvalue weighted by atomic mass is 10.1. The third-order valence-corrected chi connectivity index (χ3v) is 3.08. The van der Waals surface area contributed by atoms with Gasteiger partial charge in [0.1, 0.15) is 0 Å². The molecule has 1 atom stereocenters. The van der Waals surface area contributed by atoms with Crippen LogP contribution < -0.4 is 10.6 Å². The van der Waals surface area contributed by atoms with E-state index in [0.29, 0.717) is 12.0 Å². The van der Waals surface area contributed by atoms with Crippen molar-refractivity contribution in [2.45, 2.75) is 46.7 Å². The summed E-state index contributed by atoms with van der Waals surface area (Å²) in [5.74, 6) is 1.50. The summed E-state index contributed by atoms with van der Waals surface area (Å²) in [4.78, 5) is 4.59. The van der Waals surface area contributed by atoms with Gasteiger partial charge in [-0.25, -0.2) is 0 Å². The minimum atomic E-state index is 0.